The maximum atomic E-state index is 13.5. The average Bonchev–Trinajstić information content (AvgIpc) is 2.85. The Bertz CT molecular complexity index is 1310. The molecule has 3 aromatic carbocycles. The van der Waals surface area contributed by atoms with E-state index in [0.717, 1.165) is 21.0 Å². The van der Waals surface area contributed by atoms with Crippen LogP contribution in [0.25, 0.3) is 0 Å². The third kappa shape index (κ3) is 6.71. The maximum absolute atomic E-state index is 13.5. The van der Waals surface area contributed by atoms with Gasteiger partial charge in [0.25, 0.3) is 10.0 Å². The average molecular weight is 531 g/mol. The highest BCUT2D eigenvalue weighted by atomic mass is 35.5. The van der Waals surface area contributed by atoms with Gasteiger partial charge >= 0.3 is 0 Å². The molecule has 36 heavy (non-hydrogen) atoms. The molecule has 0 bridgehead atoms. The lowest BCUT2D eigenvalue weighted by atomic mass is 10.2. The monoisotopic (exact) mass is 530 g/mol. The first-order chi connectivity index (χ1) is 17.1. The second-order valence-electron chi connectivity index (χ2n) is 8.18. The predicted molar refractivity (Wildman–Crippen MR) is 143 cm³/mol. The molecule has 0 atom stereocenters. The molecule has 0 unspecified atom stereocenters. The number of hydrogen-bond acceptors (Lipinski definition) is 5. The van der Waals surface area contributed by atoms with Crippen molar-refractivity contribution in [3.05, 3.63) is 82.4 Å². The van der Waals surface area contributed by atoms with E-state index in [9.17, 15) is 13.2 Å². The van der Waals surface area contributed by atoms with Gasteiger partial charge in [-0.25, -0.2) is 8.42 Å². The molecular weight excluding hydrogens is 500 g/mol. The number of carbonyl (C=O) groups excluding carboxylic acids is 1. The summed E-state index contributed by atoms with van der Waals surface area (Å²) in [6.45, 7) is 8.23. The first-order valence-corrected chi connectivity index (χ1v) is 13.5. The molecule has 0 aliphatic heterocycles. The third-order valence-electron chi connectivity index (χ3n) is 5.44. The number of hydrogen-bond donors (Lipinski definition) is 1. The second-order valence-corrected chi connectivity index (χ2v) is 10.5. The highest BCUT2D eigenvalue weighted by molar-refractivity contribution is 7.92. The number of anilines is 1. The third-order valence-corrected chi connectivity index (χ3v) is 7.63. The van der Waals surface area contributed by atoms with Gasteiger partial charge in [-0.05, 0) is 75.2 Å². The van der Waals surface area contributed by atoms with Crippen molar-refractivity contribution >= 4 is 33.2 Å². The summed E-state index contributed by atoms with van der Waals surface area (Å²) < 4.78 is 39.4. The van der Waals surface area contributed by atoms with Crippen molar-refractivity contribution in [3.63, 3.8) is 0 Å². The van der Waals surface area contributed by atoms with Crippen LogP contribution < -0.4 is 19.1 Å². The number of benzene rings is 3. The molecule has 0 spiro atoms. The Morgan fingerprint density at radius 3 is 2.22 bits per heavy atom. The van der Waals surface area contributed by atoms with Crippen molar-refractivity contribution in [1.82, 2.24) is 5.32 Å². The van der Waals surface area contributed by atoms with Crippen molar-refractivity contribution in [1.29, 1.82) is 0 Å². The van der Waals surface area contributed by atoms with Gasteiger partial charge in [0, 0.05) is 11.6 Å². The fourth-order valence-corrected chi connectivity index (χ4v) is 5.07. The van der Waals surface area contributed by atoms with E-state index in [1.807, 2.05) is 33.8 Å². The topological polar surface area (TPSA) is 84.9 Å². The zero-order valence-electron chi connectivity index (χ0n) is 20.9. The number of rotatable bonds is 11. The number of ether oxygens (including phenoxy) is 2. The number of amides is 1. The maximum Gasteiger partial charge on any atom is 0.264 e. The Morgan fingerprint density at radius 2 is 1.58 bits per heavy atom. The summed E-state index contributed by atoms with van der Waals surface area (Å²) in [6, 6.07) is 16.8. The molecule has 192 valence electrons. The summed E-state index contributed by atoms with van der Waals surface area (Å²) >= 11 is 6.28. The highest BCUT2D eigenvalue weighted by Gasteiger charge is 2.27. The fourth-order valence-electron chi connectivity index (χ4n) is 3.48. The van der Waals surface area contributed by atoms with E-state index in [1.165, 1.54) is 12.1 Å². The van der Waals surface area contributed by atoms with Crippen LogP contribution in [0.2, 0.25) is 5.02 Å². The van der Waals surface area contributed by atoms with Gasteiger partial charge < -0.3 is 14.8 Å². The molecule has 0 saturated heterocycles. The van der Waals surface area contributed by atoms with Crippen LogP contribution in [0.3, 0.4) is 0 Å². The van der Waals surface area contributed by atoms with Crippen molar-refractivity contribution in [3.8, 4) is 11.5 Å². The van der Waals surface area contributed by atoms with Crippen LogP contribution in [-0.2, 0) is 21.4 Å². The van der Waals surface area contributed by atoms with Crippen molar-refractivity contribution in [2.45, 2.75) is 39.1 Å². The molecule has 1 N–H and O–H groups in total. The molecule has 3 aromatic rings. The van der Waals surface area contributed by atoms with Gasteiger partial charge in [-0.1, -0.05) is 41.4 Å². The Hall–Kier alpha value is -3.23. The molecule has 0 fully saturated rings. The van der Waals surface area contributed by atoms with Crippen LogP contribution in [0.1, 0.15) is 30.5 Å². The molecule has 7 nitrogen and oxygen atoms in total. The molecule has 0 aliphatic carbocycles. The van der Waals surface area contributed by atoms with E-state index < -0.39 is 22.5 Å². The molecule has 1 amide bonds. The molecule has 0 aliphatic rings. The normalized spacial score (nSPS) is 11.1. The molecule has 9 heteroatoms. The van der Waals surface area contributed by atoms with Crippen LogP contribution in [-0.4, -0.2) is 34.1 Å². The number of halogens is 1. The smallest absolute Gasteiger partial charge is 0.264 e. The van der Waals surface area contributed by atoms with E-state index in [1.54, 1.807) is 42.5 Å². The Balaban J connectivity index is 1.84. The number of nitrogens with zero attached hydrogens (tertiary/aromatic N) is 1. The van der Waals surface area contributed by atoms with E-state index in [0.29, 0.717) is 35.4 Å². The minimum Gasteiger partial charge on any atom is -0.490 e. The van der Waals surface area contributed by atoms with Gasteiger partial charge in [0.05, 0.1) is 23.8 Å². The van der Waals surface area contributed by atoms with Crippen molar-refractivity contribution in [2.75, 3.05) is 24.1 Å². The summed E-state index contributed by atoms with van der Waals surface area (Å²) in [5.74, 6) is 0.749. The van der Waals surface area contributed by atoms with E-state index in [2.05, 4.69) is 5.32 Å². The zero-order valence-corrected chi connectivity index (χ0v) is 22.4. The SMILES string of the molecule is CCOc1ccc(CNC(=O)CN(c2ccc(C)c(Cl)c2)S(=O)(=O)c2ccc(C)cc2)cc1OCC. The minimum atomic E-state index is -4.03. The van der Waals surface area contributed by atoms with E-state index >= 15 is 0 Å². The number of aryl methyl sites for hydroxylation is 2. The molecular formula is C27H31ClN2O5S. The van der Waals surface area contributed by atoms with Gasteiger partial charge in [0.1, 0.15) is 6.54 Å². The standard InChI is InChI=1S/C27H31ClN2O5S/c1-5-34-25-14-10-21(15-26(25)35-6-2)17-29-27(31)18-30(22-11-9-20(4)24(28)16-22)36(32,33)23-12-7-19(3)8-13-23/h7-16H,5-6,17-18H2,1-4H3,(H,29,31). The summed E-state index contributed by atoms with van der Waals surface area (Å²) in [4.78, 5) is 13.0. The Morgan fingerprint density at radius 1 is 0.917 bits per heavy atom. The lowest BCUT2D eigenvalue weighted by molar-refractivity contribution is -0.119. The van der Waals surface area contributed by atoms with Crippen molar-refractivity contribution < 1.29 is 22.7 Å². The van der Waals surface area contributed by atoms with Crippen LogP contribution >= 0.6 is 11.6 Å². The fraction of sp³-hybridized carbons (Fsp3) is 0.296. The highest BCUT2D eigenvalue weighted by Crippen LogP contribution is 2.29. The van der Waals surface area contributed by atoms with Gasteiger partial charge in [-0.2, -0.15) is 0 Å². The quantitative estimate of drug-likeness (QED) is 0.365. The molecule has 0 saturated carbocycles. The summed E-state index contributed by atoms with van der Waals surface area (Å²) in [6.07, 6.45) is 0. The second kappa shape index (κ2) is 12.1. The van der Waals surface area contributed by atoms with Gasteiger partial charge in [0.2, 0.25) is 5.91 Å². The van der Waals surface area contributed by atoms with Crippen LogP contribution in [0.15, 0.2) is 65.6 Å². The van der Waals surface area contributed by atoms with E-state index in [-0.39, 0.29) is 11.4 Å². The van der Waals surface area contributed by atoms with Crippen LogP contribution in [0.4, 0.5) is 5.69 Å². The Kier molecular flexibility index (Phi) is 9.23. The molecule has 3 rings (SSSR count). The van der Waals surface area contributed by atoms with Gasteiger partial charge in [-0.3, -0.25) is 9.10 Å². The largest absolute Gasteiger partial charge is 0.490 e. The van der Waals surface area contributed by atoms with Gasteiger partial charge in [0.15, 0.2) is 11.5 Å². The van der Waals surface area contributed by atoms with Crippen molar-refractivity contribution in [2.24, 2.45) is 0 Å². The van der Waals surface area contributed by atoms with Crippen LogP contribution in [0.5, 0.6) is 11.5 Å². The number of carbonyl (C=O) groups is 1. The summed E-state index contributed by atoms with van der Waals surface area (Å²) in [7, 11) is -4.03. The predicted octanol–water partition coefficient (Wildman–Crippen LogP) is 5.27. The zero-order chi connectivity index (χ0) is 26.3. The molecule has 0 radical (unpaired) electrons. The van der Waals surface area contributed by atoms with Gasteiger partial charge in [-0.15, -0.1) is 0 Å². The first kappa shape index (κ1) is 27.4. The first-order valence-electron chi connectivity index (χ1n) is 11.7. The minimum absolute atomic E-state index is 0.0884. The van der Waals surface area contributed by atoms with E-state index in [4.69, 9.17) is 21.1 Å². The summed E-state index contributed by atoms with van der Waals surface area (Å²) in [5.41, 5.74) is 2.83. The molecule has 0 heterocycles. The summed E-state index contributed by atoms with van der Waals surface area (Å²) in [5, 5.41) is 3.22. The lowest BCUT2D eigenvalue weighted by Gasteiger charge is -2.24. The Labute approximate surface area is 218 Å². The van der Waals surface area contributed by atoms with Crippen LogP contribution in [0, 0.1) is 13.8 Å². The lowest BCUT2D eigenvalue weighted by Crippen LogP contribution is -2.40. The number of nitrogens with one attached hydrogen (secondary N) is 1. The number of sulfonamides is 1. The molecule has 0 aromatic heterocycles.